The second-order valence-electron chi connectivity index (χ2n) is 3.72. The number of rotatable bonds is 4. The number of aldehydes is 1. The van der Waals surface area contributed by atoms with Crippen LogP contribution in [0.25, 0.3) is 5.69 Å². The summed E-state index contributed by atoms with van der Waals surface area (Å²) in [4.78, 5) is 22.5. The molecule has 0 saturated heterocycles. The van der Waals surface area contributed by atoms with Gasteiger partial charge in [-0.3, -0.25) is 4.79 Å². The summed E-state index contributed by atoms with van der Waals surface area (Å²) in [5, 5.41) is 4.50. The predicted octanol–water partition coefficient (Wildman–Crippen LogP) is 2.51. The van der Waals surface area contributed by atoms with E-state index in [9.17, 15) is 9.59 Å². The number of hydrogen-bond acceptors (Lipinski definition) is 4. The Hall–Kier alpha value is -2.14. The van der Waals surface area contributed by atoms with E-state index in [1.807, 2.05) is 0 Å². The number of hydrogen-bond donors (Lipinski definition) is 0. The van der Waals surface area contributed by atoms with Crippen LogP contribution in [0.5, 0.6) is 0 Å². The predicted molar refractivity (Wildman–Crippen MR) is 69.9 cm³/mol. The maximum atomic E-state index is 11.5. The summed E-state index contributed by atoms with van der Waals surface area (Å²) >= 11 is 5.82. The van der Waals surface area contributed by atoms with E-state index < -0.39 is 5.97 Å². The molecule has 2 aromatic rings. The van der Waals surface area contributed by atoms with Gasteiger partial charge in [0, 0.05) is 16.8 Å². The van der Waals surface area contributed by atoms with Gasteiger partial charge in [0.25, 0.3) is 0 Å². The van der Waals surface area contributed by atoms with Gasteiger partial charge < -0.3 is 4.74 Å². The van der Waals surface area contributed by atoms with E-state index in [1.54, 1.807) is 19.1 Å². The van der Waals surface area contributed by atoms with E-state index in [1.165, 1.54) is 23.1 Å². The minimum absolute atomic E-state index is 0.296. The van der Waals surface area contributed by atoms with Crippen molar-refractivity contribution in [3.05, 3.63) is 46.7 Å². The monoisotopic (exact) mass is 278 g/mol. The van der Waals surface area contributed by atoms with Gasteiger partial charge in [-0.2, -0.15) is 5.10 Å². The SMILES string of the molecule is CCOC(=O)c1cnn(-c2ccc(Cl)cc2C=O)c1. The lowest BCUT2D eigenvalue weighted by molar-refractivity contribution is 0.0526. The summed E-state index contributed by atoms with van der Waals surface area (Å²) in [6.07, 6.45) is 3.59. The standard InChI is InChI=1S/C13H11ClN2O3/c1-2-19-13(18)10-6-15-16(7-10)12-4-3-11(14)5-9(12)8-17/h3-8H,2H2,1H3. The summed E-state index contributed by atoms with van der Waals surface area (Å²) in [5.74, 6) is -0.449. The minimum Gasteiger partial charge on any atom is -0.462 e. The van der Waals surface area contributed by atoms with Crippen molar-refractivity contribution in [1.29, 1.82) is 0 Å². The molecule has 19 heavy (non-hydrogen) atoms. The number of nitrogens with zero attached hydrogens (tertiary/aromatic N) is 2. The molecule has 0 atom stereocenters. The molecule has 0 aliphatic carbocycles. The van der Waals surface area contributed by atoms with Crippen LogP contribution in [0.1, 0.15) is 27.6 Å². The Morgan fingerprint density at radius 3 is 3.00 bits per heavy atom. The molecule has 0 aliphatic heterocycles. The van der Waals surface area contributed by atoms with Crippen LogP contribution in [0, 0.1) is 0 Å². The molecule has 1 aromatic carbocycles. The fourth-order valence-corrected chi connectivity index (χ4v) is 1.78. The molecule has 0 amide bonds. The molecule has 0 aliphatic rings. The van der Waals surface area contributed by atoms with E-state index in [2.05, 4.69) is 5.10 Å². The van der Waals surface area contributed by atoms with Gasteiger partial charge in [0.05, 0.1) is 24.1 Å². The highest BCUT2D eigenvalue weighted by Gasteiger charge is 2.12. The van der Waals surface area contributed by atoms with E-state index in [0.29, 0.717) is 34.7 Å². The molecular weight excluding hydrogens is 268 g/mol. The largest absolute Gasteiger partial charge is 0.462 e. The van der Waals surface area contributed by atoms with Crippen LogP contribution in [-0.2, 0) is 4.74 Å². The van der Waals surface area contributed by atoms with Gasteiger partial charge in [-0.1, -0.05) is 11.6 Å². The Morgan fingerprint density at radius 2 is 2.32 bits per heavy atom. The van der Waals surface area contributed by atoms with Gasteiger partial charge in [-0.15, -0.1) is 0 Å². The van der Waals surface area contributed by atoms with Crippen LogP contribution in [0.2, 0.25) is 5.02 Å². The highest BCUT2D eigenvalue weighted by atomic mass is 35.5. The molecule has 0 N–H and O–H groups in total. The van der Waals surface area contributed by atoms with Crippen LogP contribution >= 0.6 is 11.6 Å². The second-order valence-corrected chi connectivity index (χ2v) is 4.15. The lowest BCUT2D eigenvalue weighted by atomic mass is 10.2. The average Bonchev–Trinajstić information content (AvgIpc) is 2.88. The highest BCUT2D eigenvalue weighted by molar-refractivity contribution is 6.30. The molecule has 0 radical (unpaired) electrons. The van der Waals surface area contributed by atoms with Crippen molar-refractivity contribution < 1.29 is 14.3 Å². The Morgan fingerprint density at radius 1 is 1.53 bits per heavy atom. The quantitative estimate of drug-likeness (QED) is 0.637. The van der Waals surface area contributed by atoms with E-state index in [4.69, 9.17) is 16.3 Å². The summed E-state index contributed by atoms with van der Waals surface area (Å²) in [6.45, 7) is 2.02. The summed E-state index contributed by atoms with van der Waals surface area (Å²) in [7, 11) is 0. The number of halogens is 1. The first-order valence-corrected chi connectivity index (χ1v) is 6.00. The van der Waals surface area contributed by atoms with Crippen LogP contribution in [-0.4, -0.2) is 28.6 Å². The van der Waals surface area contributed by atoms with Crippen molar-refractivity contribution in [3.63, 3.8) is 0 Å². The smallest absolute Gasteiger partial charge is 0.341 e. The molecular formula is C13H11ClN2O3. The molecule has 98 valence electrons. The third kappa shape index (κ3) is 2.82. The van der Waals surface area contributed by atoms with Crippen LogP contribution < -0.4 is 0 Å². The minimum atomic E-state index is -0.449. The highest BCUT2D eigenvalue weighted by Crippen LogP contribution is 2.18. The molecule has 5 nitrogen and oxygen atoms in total. The first-order chi connectivity index (χ1) is 9.15. The Kier molecular flexibility index (Phi) is 3.97. The third-order valence-electron chi connectivity index (χ3n) is 2.46. The van der Waals surface area contributed by atoms with Crippen LogP contribution in [0.4, 0.5) is 0 Å². The van der Waals surface area contributed by atoms with Crippen molar-refractivity contribution >= 4 is 23.9 Å². The first kappa shape index (κ1) is 13.3. The molecule has 6 heteroatoms. The van der Waals surface area contributed by atoms with Crippen molar-refractivity contribution in [3.8, 4) is 5.69 Å². The van der Waals surface area contributed by atoms with Gasteiger partial charge in [0.2, 0.25) is 0 Å². The Labute approximate surface area is 114 Å². The van der Waals surface area contributed by atoms with Crippen molar-refractivity contribution in [2.75, 3.05) is 6.61 Å². The van der Waals surface area contributed by atoms with Gasteiger partial charge in [-0.05, 0) is 25.1 Å². The lowest BCUT2D eigenvalue weighted by Gasteiger charge is -2.04. The van der Waals surface area contributed by atoms with Gasteiger partial charge >= 0.3 is 5.97 Å². The van der Waals surface area contributed by atoms with E-state index in [-0.39, 0.29) is 0 Å². The van der Waals surface area contributed by atoms with Gasteiger partial charge in [-0.25, -0.2) is 9.48 Å². The average molecular weight is 279 g/mol. The van der Waals surface area contributed by atoms with Crippen LogP contribution in [0.3, 0.4) is 0 Å². The van der Waals surface area contributed by atoms with Crippen molar-refractivity contribution in [1.82, 2.24) is 9.78 Å². The number of esters is 1. The molecule has 0 fully saturated rings. The zero-order valence-electron chi connectivity index (χ0n) is 10.2. The van der Waals surface area contributed by atoms with Gasteiger partial charge in [0.1, 0.15) is 0 Å². The Balaban J connectivity index is 2.38. The number of aromatic nitrogens is 2. The number of benzene rings is 1. The van der Waals surface area contributed by atoms with E-state index >= 15 is 0 Å². The fraction of sp³-hybridized carbons (Fsp3) is 0.154. The summed E-state index contributed by atoms with van der Waals surface area (Å²) in [6, 6.07) is 4.85. The topological polar surface area (TPSA) is 61.2 Å². The molecule has 0 bridgehead atoms. The lowest BCUT2D eigenvalue weighted by Crippen LogP contribution is -2.03. The Bertz CT molecular complexity index is 622. The van der Waals surface area contributed by atoms with E-state index in [0.717, 1.165) is 0 Å². The second kappa shape index (κ2) is 5.67. The maximum absolute atomic E-state index is 11.5. The summed E-state index contributed by atoms with van der Waals surface area (Å²) < 4.78 is 6.31. The molecule has 0 spiro atoms. The molecule has 0 saturated carbocycles. The first-order valence-electron chi connectivity index (χ1n) is 5.62. The number of carbonyl (C=O) groups excluding carboxylic acids is 2. The normalized spacial score (nSPS) is 10.2. The number of ether oxygens (including phenoxy) is 1. The molecule has 2 rings (SSSR count). The molecule has 1 aromatic heterocycles. The van der Waals surface area contributed by atoms with Crippen molar-refractivity contribution in [2.24, 2.45) is 0 Å². The molecule has 0 unspecified atom stereocenters. The van der Waals surface area contributed by atoms with Crippen LogP contribution in [0.15, 0.2) is 30.6 Å². The molecule has 1 heterocycles. The maximum Gasteiger partial charge on any atom is 0.341 e. The zero-order chi connectivity index (χ0) is 13.8. The number of carbonyl (C=O) groups is 2. The zero-order valence-corrected chi connectivity index (χ0v) is 10.9. The van der Waals surface area contributed by atoms with Gasteiger partial charge in [0.15, 0.2) is 6.29 Å². The summed E-state index contributed by atoms with van der Waals surface area (Å²) in [5.41, 5.74) is 1.27. The van der Waals surface area contributed by atoms with Crippen molar-refractivity contribution in [2.45, 2.75) is 6.92 Å². The third-order valence-corrected chi connectivity index (χ3v) is 2.69. The fourth-order valence-electron chi connectivity index (χ4n) is 1.60.